The molecular weight excluding hydrogens is 535 g/mol. The molecule has 0 bridgehead atoms. The molecule has 0 atom stereocenters. The van der Waals surface area contributed by atoms with Gasteiger partial charge in [-0.25, -0.2) is 0 Å². The molecule has 0 unspecified atom stereocenters. The predicted molar refractivity (Wildman–Crippen MR) is 117 cm³/mol. The molecule has 0 saturated carbocycles. The lowest BCUT2D eigenvalue weighted by Crippen LogP contribution is -2.34. The van der Waals surface area contributed by atoms with Crippen molar-refractivity contribution in [3.05, 3.63) is 43.9 Å². The van der Waals surface area contributed by atoms with Gasteiger partial charge < -0.3 is 19.5 Å². The minimum absolute atomic E-state index is 0.184. The van der Waals surface area contributed by atoms with Crippen LogP contribution in [0.1, 0.15) is 10.4 Å². The third kappa shape index (κ3) is 4.98. The Kier molecular flexibility index (Phi) is 7.47. The van der Waals surface area contributed by atoms with Crippen molar-refractivity contribution in [3.63, 3.8) is 0 Å². The van der Waals surface area contributed by atoms with Crippen molar-refractivity contribution < 1.29 is 19.0 Å². The number of hydrogen-bond acceptors (Lipinski definition) is 5. The van der Waals surface area contributed by atoms with E-state index < -0.39 is 5.91 Å². The van der Waals surface area contributed by atoms with Gasteiger partial charge in [-0.1, -0.05) is 15.9 Å². The number of halogens is 2. The van der Waals surface area contributed by atoms with Crippen molar-refractivity contribution in [1.82, 2.24) is 5.32 Å². The molecule has 9 heteroatoms. The summed E-state index contributed by atoms with van der Waals surface area (Å²) in [4.78, 5) is 12.5. The fourth-order valence-corrected chi connectivity index (χ4v) is 3.77. The maximum atomic E-state index is 12.5. The third-order valence-corrected chi connectivity index (χ3v) is 4.92. The van der Waals surface area contributed by atoms with Crippen LogP contribution >= 0.6 is 50.7 Å². The second kappa shape index (κ2) is 9.38. The molecular formula is C17H16BrIN2O4S. The number of methoxy groups -OCH3 is 3. The molecule has 2 N–H and O–H groups in total. The van der Waals surface area contributed by atoms with Gasteiger partial charge in [0, 0.05) is 13.6 Å². The van der Waals surface area contributed by atoms with Crippen LogP contribution in [0.15, 0.2) is 34.8 Å². The first-order valence-electron chi connectivity index (χ1n) is 7.27. The van der Waals surface area contributed by atoms with Gasteiger partial charge in [-0.15, -0.1) is 0 Å². The second-order valence-corrected chi connectivity index (χ2v) is 7.43. The first-order valence-corrected chi connectivity index (χ1v) is 9.55. The van der Waals surface area contributed by atoms with Gasteiger partial charge in [0.15, 0.2) is 16.6 Å². The Morgan fingerprint density at radius 3 is 2.19 bits per heavy atom. The second-order valence-electron chi connectivity index (χ2n) is 4.95. The Hall–Kier alpha value is -1.59. The van der Waals surface area contributed by atoms with E-state index in [-0.39, 0.29) is 5.11 Å². The van der Waals surface area contributed by atoms with Crippen LogP contribution in [-0.2, 0) is 0 Å². The van der Waals surface area contributed by atoms with Crippen LogP contribution in [0.4, 0.5) is 5.69 Å². The molecule has 0 heterocycles. The topological polar surface area (TPSA) is 68.8 Å². The summed E-state index contributed by atoms with van der Waals surface area (Å²) in [5.74, 6) is 0.794. The highest BCUT2D eigenvalue weighted by molar-refractivity contribution is 14.1. The van der Waals surface area contributed by atoms with E-state index in [2.05, 4.69) is 49.2 Å². The molecule has 2 aromatic carbocycles. The molecule has 0 aliphatic carbocycles. The van der Waals surface area contributed by atoms with Crippen molar-refractivity contribution in [3.8, 4) is 17.2 Å². The van der Waals surface area contributed by atoms with Gasteiger partial charge >= 0.3 is 0 Å². The maximum Gasteiger partial charge on any atom is 0.257 e. The highest BCUT2D eigenvalue weighted by atomic mass is 127. The number of benzene rings is 2. The highest BCUT2D eigenvalue weighted by Gasteiger charge is 2.17. The van der Waals surface area contributed by atoms with Crippen LogP contribution < -0.4 is 24.8 Å². The van der Waals surface area contributed by atoms with Gasteiger partial charge in [0.2, 0.25) is 5.75 Å². The number of ether oxygens (including phenoxy) is 3. The molecule has 0 aromatic heterocycles. The van der Waals surface area contributed by atoms with Crippen molar-refractivity contribution in [2.45, 2.75) is 0 Å². The number of amides is 1. The largest absolute Gasteiger partial charge is 0.493 e. The fourth-order valence-electron chi connectivity index (χ4n) is 2.13. The third-order valence-electron chi connectivity index (χ3n) is 3.33. The zero-order valence-electron chi connectivity index (χ0n) is 14.2. The molecule has 0 radical (unpaired) electrons. The monoisotopic (exact) mass is 550 g/mol. The number of carbonyl (C=O) groups is 1. The van der Waals surface area contributed by atoms with Gasteiger partial charge in [0.05, 0.1) is 27.0 Å². The molecule has 1 amide bonds. The van der Waals surface area contributed by atoms with E-state index in [1.165, 1.54) is 21.3 Å². The average molecular weight is 551 g/mol. The lowest BCUT2D eigenvalue weighted by Gasteiger charge is -2.15. The molecule has 0 aliphatic rings. The standard InChI is InChI=1S/C17H16BrIN2O4S/c1-23-13-6-9(7-14(24-2)15(13)25-3)16(22)21-17(26)20-12-5-4-10(18)8-11(12)19/h4-8H,1-3H3,(H2,20,21,22,26). The normalized spacial score (nSPS) is 10.0. The van der Waals surface area contributed by atoms with E-state index in [9.17, 15) is 4.79 Å². The van der Waals surface area contributed by atoms with Crippen LogP contribution in [0.25, 0.3) is 0 Å². The molecule has 2 aromatic rings. The summed E-state index contributed by atoms with van der Waals surface area (Å²) in [5.41, 5.74) is 1.12. The Morgan fingerprint density at radius 2 is 1.69 bits per heavy atom. The Bertz CT molecular complexity index is 823. The van der Waals surface area contributed by atoms with Crippen molar-refractivity contribution in [2.75, 3.05) is 26.6 Å². The van der Waals surface area contributed by atoms with Gasteiger partial charge in [0.25, 0.3) is 5.91 Å². The van der Waals surface area contributed by atoms with E-state index in [0.717, 1.165) is 13.7 Å². The molecule has 2 rings (SSSR count). The molecule has 26 heavy (non-hydrogen) atoms. The summed E-state index contributed by atoms with van der Waals surface area (Å²) >= 11 is 10.8. The average Bonchev–Trinajstić information content (AvgIpc) is 2.62. The Labute approximate surface area is 178 Å². The van der Waals surface area contributed by atoms with Crippen molar-refractivity contribution in [2.24, 2.45) is 0 Å². The van der Waals surface area contributed by atoms with E-state index in [4.69, 9.17) is 26.4 Å². The number of carbonyl (C=O) groups excluding carboxylic acids is 1. The molecule has 6 nitrogen and oxygen atoms in total. The van der Waals surface area contributed by atoms with Gasteiger partial charge in [-0.3, -0.25) is 10.1 Å². The van der Waals surface area contributed by atoms with Gasteiger partial charge in [0.1, 0.15) is 0 Å². The quantitative estimate of drug-likeness (QED) is 0.429. The summed E-state index contributed by atoms with van der Waals surface area (Å²) in [6, 6.07) is 8.80. The fraction of sp³-hybridized carbons (Fsp3) is 0.176. The zero-order chi connectivity index (χ0) is 19.3. The maximum absolute atomic E-state index is 12.5. The van der Waals surface area contributed by atoms with Gasteiger partial charge in [-0.2, -0.15) is 0 Å². The first-order chi connectivity index (χ1) is 12.4. The number of rotatable bonds is 5. The van der Waals surface area contributed by atoms with Gasteiger partial charge in [-0.05, 0) is 65.1 Å². The van der Waals surface area contributed by atoms with E-state index in [0.29, 0.717) is 22.8 Å². The van der Waals surface area contributed by atoms with Crippen molar-refractivity contribution in [1.29, 1.82) is 0 Å². The van der Waals surface area contributed by atoms with E-state index in [1.807, 2.05) is 18.2 Å². The minimum atomic E-state index is -0.395. The summed E-state index contributed by atoms with van der Waals surface area (Å²) in [6.45, 7) is 0. The summed E-state index contributed by atoms with van der Waals surface area (Å²) < 4.78 is 17.7. The zero-order valence-corrected chi connectivity index (χ0v) is 18.7. The lowest BCUT2D eigenvalue weighted by molar-refractivity contribution is 0.0977. The Balaban J connectivity index is 2.17. The molecule has 0 spiro atoms. The first kappa shape index (κ1) is 20.7. The van der Waals surface area contributed by atoms with Crippen molar-refractivity contribution >= 4 is 67.4 Å². The van der Waals surface area contributed by atoms with Crippen LogP contribution in [0.5, 0.6) is 17.2 Å². The SMILES string of the molecule is COc1cc(C(=O)NC(=S)Nc2ccc(Br)cc2I)cc(OC)c1OC. The summed E-state index contributed by atoms with van der Waals surface area (Å²) in [5, 5.41) is 5.83. The number of anilines is 1. The minimum Gasteiger partial charge on any atom is -0.493 e. The van der Waals surface area contributed by atoms with E-state index in [1.54, 1.807) is 12.1 Å². The highest BCUT2D eigenvalue weighted by Crippen LogP contribution is 2.38. The predicted octanol–water partition coefficient (Wildman–Crippen LogP) is 4.21. The molecule has 0 aliphatic heterocycles. The number of nitrogens with one attached hydrogen (secondary N) is 2. The summed E-state index contributed by atoms with van der Waals surface area (Å²) in [6.07, 6.45) is 0. The van der Waals surface area contributed by atoms with Crippen LogP contribution in [0, 0.1) is 3.57 Å². The molecule has 138 valence electrons. The molecule has 0 saturated heterocycles. The number of hydrogen-bond donors (Lipinski definition) is 2. The van der Waals surface area contributed by atoms with Crippen LogP contribution in [0.3, 0.4) is 0 Å². The molecule has 0 fully saturated rings. The summed E-state index contributed by atoms with van der Waals surface area (Å²) in [7, 11) is 4.47. The van der Waals surface area contributed by atoms with E-state index >= 15 is 0 Å². The lowest BCUT2D eigenvalue weighted by atomic mass is 10.1. The van der Waals surface area contributed by atoms with Crippen LogP contribution in [-0.4, -0.2) is 32.3 Å². The van der Waals surface area contributed by atoms with Crippen LogP contribution in [0.2, 0.25) is 0 Å². The number of thiocarbonyl (C=S) groups is 1. The Morgan fingerprint density at radius 1 is 1.08 bits per heavy atom. The smallest absolute Gasteiger partial charge is 0.257 e.